The summed E-state index contributed by atoms with van der Waals surface area (Å²) in [5.41, 5.74) is 2.36. The highest BCUT2D eigenvalue weighted by atomic mass is 16.5. The average molecular weight is 523 g/mol. The molecule has 0 radical (unpaired) electrons. The Morgan fingerprint density at radius 2 is 2.18 bits per heavy atom. The Hall–Kier alpha value is -4.12. The Morgan fingerprint density at radius 1 is 1.37 bits per heavy atom. The van der Waals surface area contributed by atoms with Gasteiger partial charge in [-0.05, 0) is 24.5 Å². The highest BCUT2D eigenvalue weighted by Gasteiger charge is 2.31. The summed E-state index contributed by atoms with van der Waals surface area (Å²) in [4.78, 5) is 49.3. The number of fused-ring (bicyclic) bond motifs is 1. The van der Waals surface area contributed by atoms with E-state index < -0.39 is 10.7 Å². The number of aryl methyl sites for hydroxylation is 1. The van der Waals surface area contributed by atoms with Crippen molar-refractivity contribution in [2.24, 2.45) is 0 Å². The van der Waals surface area contributed by atoms with Crippen molar-refractivity contribution in [3.05, 3.63) is 45.9 Å². The molecule has 1 saturated heterocycles. The predicted molar refractivity (Wildman–Crippen MR) is 138 cm³/mol. The largest absolute Gasteiger partial charge is 0.633 e. The first kappa shape index (κ1) is 26.9. The molecule has 0 aromatic carbocycles. The fraction of sp³-hybridized carbons (Fsp3) is 0.440. The van der Waals surface area contributed by atoms with Gasteiger partial charge in [-0.1, -0.05) is 0 Å². The van der Waals surface area contributed by atoms with Gasteiger partial charge in [-0.15, -0.1) is 0 Å². The number of hydrogen-bond donors (Lipinski definition) is 2. The van der Waals surface area contributed by atoms with Crippen LogP contribution in [0.4, 0.5) is 22.1 Å². The van der Waals surface area contributed by atoms with Crippen LogP contribution < -0.4 is 15.5 Å². The van der Waals surface area contributed by atoms with Crippen LogP contribution in [0.1, 0.15) is 33.6 Å². The summed E-state index contributed by atoms with van der Waals surface area (Å²) in [6.07, 6.45) is 3.33. The first-order valence-electron chi connectivity index (χ1n) is 12.3. The zero-order valence-corrected chi connectivity index (χ0v) is 21.4. The van der Waals surface area contributed by atoms with Gasteiger partial charge in [0.1, 0.15) is 23.4 Å². The molecule has 3 amide bonds. The van der Waals surface area contributed by atoms with Crippen molar-refractivity contribution >= 4 is 35.5 Å². The van der Waals surface area contributed by atoms with Gasteiger partial charge in [0, 0.05) is 44.6 Å². The van der Waals surface area contributed by atoms with Gasteiger partial charge in [0.2, 0.25) is 0 Å². The zero-order chi connectivity index (χ0) is 27.3. The van der Waals surface area contributed by atoms with E-state index in [1.165, 1.54) is 18.1 Å². The molecule has 0 spiro atoms. The smallest absolute Gasteiger partial charge is 0.328 e. The van der Waals surface area contributed by atoms with E-state index in [-0.39, 0.29) is 37.1 Å². The number of urea groups is 1. The summed E-state index contributed by atoms with van der Waals surface area (Å²) in [5.74, 6) is 0.358. The summed E-state index contributed by atoms with van der Waals surface area (Å²) in [5, 5.41) is 27.3. The fourth-order valence-electron chi connectivity index (χ4n) is 4.50. The van der Waals surface area contributed by atoms with Crippen molar-refractivity contribution in [1.82, 2.24) is 14.9 Å². The van der Waals surface area contributed by atoms with E-state index in [2.05, 4.69) is 26.7 Å². The number of aldehydes is 1. The standard InChI is InChI=1S/C25H30N8O5/c1-33(37)8-7-31(23(35)15-33)14-18-10-17-4-3-6-32(24(17)29-21(18)16-34)25(36)30-22-11-20(27-5-9-38-2)19(12-26)13-28-22/h10-11,13,16H,3-9,14-15H2,1-2H3,(H2,27,28,30,36). The third-order valence-corrected chi connectivity index (χ3v) is 6.54. The Balaban J connectivity index is 1.53. The maximum absolute atomic E-state index is 13.2. The van der Waals surface area contributed by atoms with E-state index in [1.807, 2.05) is 6.07 Å². The number of carbonyl (C=O) groups is 3. The number of aromatic nitrogens is 2. The molecule has 2 aliphatic heterocycles. The molecule has 0 aliphatic carbocycles. The van der Waals surface area contributed by atoms with Crippen molar-refractivity contribution in [1.29, 1.82) is 5.26 Å². The number of amides is 3. The summed E-state index contributed by atoms with van der Waals surface area (Å²) in [6.45, 7) is 1.91. The van der Waals surface area contributed by atoms with Crippen LogP contribution in [0.3, 0.4) is 0 Å². The molecular weight excluding hydrogens is 492 g/mol. The van der Waals surface area contributed by atoms with Crippen LogP contribution >= 0.6 is 0 Å². The summed E-state index contributed by atoms with van der Waals surface area (Å²) < 4.78 is 4.42. The number of quaternary nitrogens is 1. The van der Waals surface area contributed by atoms with Gasteiger partial charge >= 0.3 is 6.03 Å². The highest BCUT2D eigenvalue weighted by Crippen LogP contribution is 2.29. The zero-order valence-electron chi connectivity index (χ0n) is 21.4. The predicted octanol–water partition coefficient (Wildman–Crippen LogP) is 1.49. The highest BCUT2D eigenvalue weighted by molar-refractivity contribution is 6.01. The maximum atomic E-state index is 13.2. The van der Waals surface area contributed by atoms with E-state index in [0.29, 0.717) is 68.0 Å². The first-order valence-corrected chi connectivity index (χ1v) is 12.3. The number of carbonyl (C=O) groups excluding carboxylic acids is 3. The molecule has 2 N–H and O–H groups in total. The molecule has 4 rings (SSSR count). The monoisotopic (exact) mass is 522 g/mol. The van der Waals surface area contributed by atoms with E-state index in [9.17, 15) is 24.9 Å². The van der Waals surface area contributed by atoms with Crippen molar-refractivity contribution < 1.29 is 23.8 Å². The summed E-state index contributed by atoms with van der Waals surface area (Å²) >= 11 is 0. The van der Waals surface area contributed by atoms with Gasteiger partial charge in [-0.3, -0.25) is 19.8 Å². The average Bonchev–Trinajstić information content (AvgIpc) is 2.89. The quantitative estimate of drug-likeness (QED) is 0.226. The van der Waals surface area contributed by atoms with Gasteiger partial charge in [0.05, 0.1) is 38.0 Å². The van der Waals surface area contributed by atoms with Crippen LogP contribution in [0.5, 0.6) is 0 Å². The topological polar surface area (TPSA) is 164 Å². The minimum atomic E-state index is -0.610. The normalized spacial score (nSPS) is 18.9. The van der Waals surface area contributed by atoms with Crippen LogP contribution in [0, 0.1) is 16.5 Å². The van der Waals surface area contributed by atoms with Crippen LogP contribution in [-0.2, 0) is 22.5 Å². The third kappa shape index (κ3) is 6.05. The number of piperazine rings is 1. The molecule has 13 nitrogen and oxygen atoms in total. The second-order valence-electron chi connectivity index (χ2n) is 9.46. The lowest BCUT2D eigenvalue weighted by Crippen LogP contribution is -2.56. The number of rotatable bonds is 8. The number of likely N-dealkylation sites (N-methyl/N-ethyl adjacent to an activating group) is 1. The molecule has 2 aromatic rings. The Bertz CT molecular complexity index is 1280. The Labute approximate surface area is 220 Å². The molecule has 2 aromatic heterocycles. The number of pyridine rings is 2. The molecule has 13 heteroatoms. The molecule has 0 saturated carbocycles. The Kier molecular flexibility index (Phi) is 8.16. The minimum Gasteiger partial charge on any atom is -0.633 e. The van der Waals surface area contributed by atoms with Crippen molar-refractivity contribution in [2.45, 2.75) is 19.4 Å². The summed E-state index contributed by atoms with van der Waals surface area (Å²) in [6, 6.07) is 4.98. The number of nitrogens with one attached hydrogen (secondary N) is 2. The molecule has 38 heavy (non-hydrogen) atoms. The van der Waals surface area contributed by atoms with Gasteiger partial charge < -0.3 is 24.8 Å². The molecule has 4 heterocycles. The Morgan fingerprint density at radius 3 is 2.89 bits per heavy atom. The molecular formula is C25H30N8O5. The SMILES string of the molecule is COCCNc1cc(NC(=O)N2CCCc3cc(CN4CC[N+](C)([O-])CC4=O)c(C=O)nc32)ncc1C#N. The number of nitriles is 1. The van der Waals surface area contributed by atoms with E-state index in [4.69, 9.17) is 4.74 Å². The number of ether oxygens (including phenoxy) is 1. The van der Waals surface area contributed by atoms with Gasteiger partial charge in [-0.2, -0.15) is 5.26 Å². The molecule has 200 valence electrons. The van der Waals surface area contributed by atoms with Crippen molar-refractivity contribution in [2.75, 3.05) is 69.0 Å². The molecule has 1 unspecified atom stereocenters. The second-order valence-corrected chi connectivity index (χ2v) is 9.46. The lowest BCUT2D eigenvalue weighted by molar-refractivity contribution is -0.855. The van der Waals surface area contributed by atoms with Gasteiger partial charge in [0.15, 0.2) is 12.8 Å². The number of nitrogens with zero attached hydrogens (tertiary/aromatic N) is 6. The van der Waals surface area contributed by atoms with E-state index in [1.54, 1.807) is 18.1 Å². The molecule has 0 bridgehead atoms. The molecule has 2 aliphatic rings. The van der Waals surface area contributed by atoms with Crippen LogP contribution in [0.2, 0.25) is 0 Å². The maximum Gasteiger partial charge on any atom is 0.328 e. The van der Waals surface area contributed by atoms with Gasteiger partial charge in [-0.25, -0.2) is 14.8 Å². The van der Waals surface area contributed by atoms with E-state index >= 15 is 0 Å². The van der Waals surface area contributed by atoms with Gasteiger partial charge in [0.25, 0.3) is 5.91 Å². The second kappa shape index (κ2) is 11.5. The summed E-state index contributed by atoms with van der Waals surface area (Å²) in [7, 11) is 3.04. The molecule has 1 fully saturated rings. The minimum absolute atomic E-state index is 0.141. The third-order valence-electron chi connectivity index (χ3n) is 6.54. The van der Waals surface area contributed by atoms with Crippen molar-refractivity contribution in [3.63, 3.8) is 0 Å². The lowest BCUT2D eigenvalue weighted by Gasteiger charge is -2.44. The van der Waals surface area contributed by atoms with E-state index in [0.717, 1.165) is 5.56 Å². The van der Waals surface area contributed by atoms with Crippen LogP contribution in [0.25, 0.3) is 0 Å². The van der Waals surface area contributed by atoms with Crippen molar-refractivity contribution in [3.8, 4) is 6.07 Å². The lowest BCUT2D eigenvalue weighted by atomic mass is 10.0. The first-order chi connectivity index (χ1) is 18.2. The molecule has 1 atom stereocenters. The number of hydrogen-bond acceptors (Lipinski definition) is 9. The number of hydroxylamine groups is 3. The van der Waals surface area contributed by atoms with Crippen LogP contribution in [0.15, 0.2) is 18.3 Å². The fourth-order valence-corrected chi connectivity index (χ4v) is 4.50. The number of methoxy groups -OCH3 is 1. The van der Waals surface area contributed by atoms with Crippen LogP contribution in [-0.4, -0.2) is 91.2 Å². The number of anilines is 3.